The van der Waals surface area contributed by atoms with Crippen LogP contribution in [0.25, 0.3) is 0 Å². The Hall–Kier alpha value is -0.850. The van der Waals surface area contributed by atoms with Gasteiger partial charge in [-0.15, -0.1) is 0 Å². The normalized spacial score (nSPS) is 18.6. The standard InChI is InChI=1S/C10H15NO4S/c1-14-10(9-3-2-6-15-9)7-11-16(12,13)8-4-5-8/h2-3,6,8,10-11H,4-5,7H2,1H3. The topological polar surface area (TPSA) is 68.5 Å². The van der Waals surface area contributed by atoms with Crippen LogP contribution in [-0.4, -0.2) is 27.3 Å². The second kappa shape index (κ2) is 4.57. The first kappa shape index (κ1) is 11.6. The lowest BCUT2D eigenvalue weighted by molar-refractivity contribution is 0.0878. The fraction of sp³-hybridized carbons (Fsp3) is 0.600. The van der Waals surface area contributed by atoms with Crippen molar-refractivity contribution in [3.8, 4) is 0 Å². The van der Waals surface area contributed by atoms with Crippen molar-refractivity contribution in [3.63, 3.8) is 0 Å². The largest absolute Gasteiger partial charge is 0.467 e. The molecule has 0 aromatic carbocycles. The molecule has 2 rings (SSSR count). The van der Waals surface area contributed by atoms with E-state index < -0.39 is 10.0 Å². The third-order valence-corrected chi connectivity index (χ3v) is 4.50. The lowest BCUT2D eigenvalue weighted by Crippen LogP contribution is -2.31. The van der Waals surface area contributed by atoms with Crippen LogP contribution in [0.2, 0.25) is 0 Å². The number of ether oxygens (including phenoxy) is 1. The Morgan fingerprint density at radius 2 is 2.38 bits per heavy atom. The average Bonchev–Trinajstić information content (AvgIpc) is 2.99. The van der Waals surface area contributed by atoms with Gasteiger partial charge in [-0.25, -0.2) is 13.1 Å². The molecule has 90 valence electrons. The van der Waals surface area contributed by atoms with Crippen LogP contribution >= 0.6 is 0 Å². The number of sulfonamides is 1. The molecule has 1 fully saturated rings. The van der Waals surface area contributed by atoms with E-state index in [1.165, 1.54) is 13.4 Å². The maximum atomic E-state index is 11.6. The summed E-state index contributed by atoms with van der Waals surface area (Å²) in [6.45, 7) is 0.211. The minimum Gasteiger partial charge on any atom is -0.467 e. The minimum absolute atomic E-state index is 0.207. The van der Waals surface area contributed by atoms with Crippen molar-refractivity contribution >= 4 is 10.0 Å². The molecule has 0 bridgehead atoms. The summed E-state index contributed by atoms with van der Waals surface area (Å²) < 4.78 is 36.1. The molecule has 1 aromatic heterocycles. The number of nitrogens with one attached hydrogen (secondary N) is 1. The van der Waals surface area contributed by atoms with Crippen molar-refractivity contribution in [3.05, 3.63) is 24.2 Å². The molecule has 0 spiro atoms. The van der Waals surface area contributed by atoms with E-state index in [-0.39, 0.29) is 17.9 Å². The first-order valence-corrected chi connectivity index (χ1v) is 6.73. The van der Waals surface area contributed by atoms with E-state index in [0.29, 0.717) is 5.76 Å². The van der Waals surface area contributed by atoms with E-state index in [1.807, 2.05) is 0 Å². The molecular weight excluding hydrogens is 230 g/mol. The van der Waals surface area contributed by atoms with Crippen molar-refractivity contribution in [1.82, 2.24) is 4.72 Å². The van der Waals surface area contributed by atoms with Gasteiger partial charge in [0.2, 0.25) is 10.0 Å². The summed E-state index contributed by atoms with van der Waals surface area (Å²) in [5.41, 5.74) is 0. The monoisotopic (exact) mass is 245 g/mol. The number of methoxy groups -OCH3 is 1. The molecule has 1 heterocycles. The summed E-state index contributed by atoms with van der Waals surface area (Å²) >= 11 is 0. The Bertz CT molecular complexity index is 422. The maximum absolute atomic E-state index is 11.6. The molecule has 1 aromatic rings. The van der Waals surface area contributed by atoms with E-state index in [9.17, 15) is 8.42 Å². The van der Waals surface area contributed by atoms with Gasteiger partial charge in [0, 0.05) is 13.7 Å². The maximum Gasteiger partial charge on any atom is 0.214 e. The highest BCUT2D eigenvalue weighted by atomic mass is 32.2. The Morgan fingerprint density at radius 1 is 1.62 bits per heavy atom. The Labute approximate surface area is 94.8 Å². The summed E-state index contributed by atoms with van der Waals surface area (Å²) in [6, 6.07) is 3.51. The van der Waals surface area contributed by atoms with Crippen LogP contribution in [0.15, 0.2) is 22.8 Å². The number of furan rings is 1. The third kappa shape index (κ3) is 2.63. The zero-order chi connectivity index (χ0) is 11.6. The molecule has 0 amide bonds. The van der Waals surface area contributed by atoms with Crippen molar-refractivity contribution in [2.45, 2.75) is 24.2 Å². The van der Waals surface area contributed by atoms with E-state index in [2.05, 4.69) is 4.72 Å². The van der Waals surface area contributed by atoms with Crippen molar-refractivity contribution in [2.24, 2.45) is 0 Å². The Balaban J connectivity index is 1.93. The average molecular weight is 245 g/mol. The van der Waals surface area contributed by atoms with Crippen LogP contribution in [0.4, 0.5) is 0 Å². The second-order valence-electron chi connectivity index (χ2n) is 3.83. The number of hydrogen-bond donors (Lipinski definition) is 1. The Kier molecular flexibility index (Phi) is 3.32. The van der Waals surface area contributed by atoms with Gasteiger partial charge in [0.05, 0.1) is 11.5 Å². The van der Waals surface area contributed by atoms with Crippen LogP contribution in [0.1, 0.15) is 24.7 Å². The quantitative estimate of drug-likeness (QED) is 0.813. The first-order valence-electron chi connectivity index (χ1n) is 5.18. The lowest BCUT2D eigenvalue weighted by atomic mass is 10.3. The third-order valence-electron chi connectivity index (χ3n) is 2.58. The molecule has 5 nitrogen and oxygen atoms in total. The molecule has 0 aliphatic heterocycles. The predicted octanol–water partition coefficient (Wildman–Crippen LogP) is 1.05. The van der Waals surface area contributed by atoms with Gasteiger partial charge < -0.3 is 9.15 Å². The van der Waals surface area contributed by atoms with Gasteiger partial charge in [-0.2, -0.15) is 0 Å². The van der Waals surface area contributed by atoms with Gasteiger partial charge in [-0.1, -0.05) is 0 Å². The van der Waals surface area contributed by atoms with Crippen molar-refractivity contribution in [1.29, 1.82) is 0 Å². The van der Waals surface area contributed by atoms with Crippen LogP contribution in [0, 0.1) is 0 Å². The molecule has 1 saturated carbocycles. The summed E-state index contributed by atoms with van der Waals surface area (Å²) in [5.74, 6) is 0.626. The molecule has 0 radical (unpaired) electrons. The zero-order valence-corrected chi connectivity index (χ0v) is 9.87. The number of hydrogen-bond acceptors (Lipinski definition) is 4. The predicted molar refractivity (Wildman–Crippen MR) is 58.4 cm³/mol. The van der Waals surface area contributed by atoms with Gasteiger partial charge in [0.1, 0.15) is 11.9 Å². The molecule has 1 N–H and O–H groups in total. The highest BCUT2D eigenvalue weighted by Crippen LogP contribution is 2.27. The lowest BCUT2D eigenvalue weighted by Gasteiger charge is -2.13. The highest BCUT2D eigenvalue weighted by Gasteiger charge is 2.35. The van der Waals surface area contributed by atoms with Crippen LogP contribution in [0.3, 0.4) is 0 Å². The second-order valence-corrected chi connectivity index (χ2v) is 5.88. The van der Waals surface area contributed by atoms with Crippen molar-refractivity contribution in [2.75, 3.05) is 13.7 Å². The summed E-state index contributed by atoms with van der Waals surface area (Å²) in [6.07, 6.45) is 2.68. The fourth-order valence-electron chi connectivity index (χ4n) is 1.46. The van der Waals surface area contributed by atoms with Gasteiger partial charge in [0.15, 0.2) is 0 Å². The molecule has 6 heteroatoms. The molecular formula is C10H15NO4S. The van der Waals surface area contributed by atoms with E-state index in [0.717, 1.165) is 12.8 Å². The SMILES string of the molecule is COC(CNS(=O)(=O)C1CC1)c1ccco1. The molecule has 1 atom stereocenters. The van der Waals surface area contributed by atoms with Crippen LogP contribution in [-0.2, 0) is 14.8 Å². The smallest absolute Gasteiger partial charge is 0.214 e. The summed E-state index contributed by atoms with van der Waals surface area (Å²) in [5, 5.41) is -0.207. The van der Waals surface area contributed by atoms with E-state index >= 15 is 0 Å². The molecule has 0 saturated heterocycles. The van der Waals surface area contributed by atoms with Gasteiger partial charge >= 0.3 is 0 Å². The minimum atomic E-state index is -3.15. The van der Waals surface area contributed by atoms with Gasteiger partial charge in [0.25, 0.3) is 0 Å². The van der Waals surface area contributed by atoms with Gasteiger partial charge in [-0.3, -0.25) is 0 Å². The fourth-order valence-corrected chi connectivity index (χ4v) is 2.84. The van der Waals surface area contributed by atoms with Crippen molar-refractivity contribution < 1.29 is 17.6 Å². The number of rotatable bonds is 6. The van der Waals surface area contributed by atoms with Crippen LogP contribution in [0.5, 0.6) is 0 Å². The zero-order valence-electron chi connectivity index (χ0n) is 9.05. The van der Waals surface area contributed by atoms with E-state index in [1.54, 1.807) is 12.1 Å². The molecule has 1 aliphatic rings. The Morgan fingerprint density at radius 3 is 2.88 bits per heavy atom. The van der Waals surface area contributed by atoms with Crippen LogP contribution < -0.4 is 4.72 Å². The summed E-state index contributed by atoms with van der Waals surface area (Å²) in [7, 11) is -1.63. The molecule has 16 heavy (non-hydrogen) atoms. The highest BCUT2D eigenvalue weighted by molar-refractivity contribution is 7.90. The van der Waals surface area contributed by atoms with Gasteiger partial charge in [-0.05, 0) is 25.0 Å². The molecule has 1 unspecified atom stereocenters. The molecule has 1 aliphatic carbocycles. The first-order chi connectivity index (χ1) is 7.63. The van der Waals surface area contributed by atoms with E-state index in [4.69, 9.17) is 9.15 Å². The summed E-state index contributed by atoms with van der Waals surface area (Å²) in [4.78, 5) is 0.